The van der Waals surface area contributed by atoms with Crippen molar-refractivity contribution in [3.05, 3.63) is 77.4 Å². The van der Waals surface area contributed by atoms with Crippen molar-refractivity contribution in [3.8, 4) is 5.69 Å². The molecular formula is C22H23FN4O. The van der Waals surface area contributed by atoms with Crippen molar-refractivity contribution < 1.29 is 9.18 Å². The number of hydrogen-bond donors (Lipinski definition) is 0. The van der Waals surface area contributed by atoms with Gasteiger partial charge in [-0.2, -0.15) is 5.10 Å². The predicted molar refractivity (Wildman–Crippen MR) is 108 cm³/mol. The molecule has 4 rings (SSSR count). The van der Waals surface area contributed by atoms with E-state index in [1.54, 1.807) is 25.1 Å². The summed E-state index contributed by atoms with van der Waals surface area (Å²) >= 11 is 0. The molecule has 1 amide bonds. The summed E-state index contributed by atoms with van der Waals surface area (Å²) in [6, 6.07) is 14.9. The fourth-order valence-corrected chi connectivity index (χ4v) is 3.65. The van der Waals surface area contributed by atoms with Gasteiger partial charge < -0.3 is 9.80 Å². The van der Waals surface area contributed by atoms with Gasteiger partial charge in [0.05, 0.1) is 17.5 Å². The lowest BCUT2D eigenvalue weighted by molar-refractivity contribution is 0.0746. The molecule has 0 atom stereocenters. The molecule has 1 aliphatic heterocycles. The fraction of sp³-hybridized carbons (Fsp3) is 0.273. The third-order valence-corrected chi connectivity index (χ3v) is 5.25. The number of piperazine rings is 1. The molecule has 0 bridgehead atoms. The monoisotopic (exact) mass is 378 g/mol. The van der Waals surface area contributed by atoms with Crippen LogP contribution in [0.25, 0.3) is 5.69 Å². The van der Waals surface area contributed by atoms with Crippen LogP contribution in [0.1, 0.15) is 21.6 Å². The van der Waals surface area contributed by atoms with Gasteiger partial charge in [-0.25, -0.2) is 9.07 Å². The normalized spacial score (nSPS) is 14.4. The van der Waals surface area contributed by atoms with Gasteiger partial charge in [-0.3, -0.25) is 4.79 Å². The molecule has 0 radical (unpaired) electrons. The zero-order valence-corrected chi connectivity index (χ0v) is 16.1. The van der Waals surface area contributed by atoms with E-state index in [0.717, 1.165) is 13.1 Å². The van der Waals surface area contributed by atoms with Gasteiger partial charge in [-0.05, 0) is 43.7 Å². The molecule has 0 N–H and O–H groups in total. The average molecular weight is 378 g/mol. The quantitative estimate of drug-likeness (QED) is 0.699. The molecule has 3 aromatic rings. The summed E-state index contributed by atoms with van der Waals surface area (Å²) in [4.78, 5) is 17.2. The number of aromatic nitrogens is 2. The topological polar surface area (TPSA) is 41.4 Å². The average Bonchev–Trinajstić information content (AvgIpc) is 3.09. The molecule has 0 unspecified atom stereocenters. The highest BCUT2D eigenvalue weighted by Crippen LogP contribution is 2.21. The number of halogens is 1. The number of nitrogens with zero attached hydrogens (tertiary/aromatic N) is 4. The molecule has 5 nitrogen and oxygen atoms in total. The highest BCUT2D eigenvalue weighted by molar-refractivity contribution is 5.95. The van der Waals surface area contributed by atoms with Gasteiger partial charge >= 0.3 is 0 Å². The second-order valence-electron chi connectivity index (χ2n) is 7.13. The number of carbonyl (C=O) groups excluding carboxylic acids is 1. The van der Waals surface area contributed by atoms with Crippen molar-refractivity contribution in [3.63, 3.8) is 0 Å². The van der Waals surface area contributed by atoms with Crippen LogP contribution in [0.4, 0.5) is 10.1 Å². The standard InChI is InChI=1S/C22H23FN4O/c1-16-6-5-7-18(14-16)25-10-12-26(13-11-25)22(28)19-15-24-27(17(19)2)21-9-4-3-8-20(21)23/h3-9,14-15H,10-13H2,1-2H3. The maximum absolute atomic E-state index is 14.1. The summed E-state index contributed by atoms with van der Waals surface area (Å²) in [6.07, 6.45) is 1.54. The second-order valence-corrected chi connectivity index (χ2v) is 7.13. The van der Waals surface area contributed by atoms with Crippen LogP contribution in [0.15, 0.2) is 54.7 Å². The Morgan fingerprint density at radius 1 is 1.00 bits per heavy atom. The molecule has 2 aromatic carbocycles. The number of hydrogen-bond acceptors (Lipinski definition) is 3. The van der Waals surface area contributed by atoms with Crippen LogP contribution in [0.2, 0.25) is 0 Å². The Hall–Kier alpha value is -3.15. The number of para-hydroxylation sites is 1. The molecule has 1 fully saturated rings. The summed E-state index contributed by atoms with van der Waals surface area (Å²) in [5.74, 6) is -0.413. The van der Waals surface area contributed by atoms with Gasteiger partial charge in [0, 0.05) is 31.9 Å². The molecule has 0 saturated carbocycles. The van der Waals surface area contributed by atoms with Crippen LogP contribution in [0.5, 0.6) is 0 Å². The Labute approximate surface area is 164 Å². The summed E-state index contributed by atoms with van der Waals surface area (Å²) < 4.78 is 15.6. The lowest BCUT2D eigenvalue weighted by Gasteiger charge is -2.36. The maximum Gasteiger partial charge on any atom is 0.257 e. The minimum absolute atomic E-state index is 0.0519. The smallest absolute Gasteiger partial charge is 0.257 e. The molecule has 1 aliphatic rings. The molecular weight excluding hydrogens is 355 g/mol. The van der Waals surface area contributed by atoms with Gasteiger partial charge in [0.25, 0.3) is 5.91 Å². The lowest BCUT2D eigenvalue weighted by Crippen LogP contribution is -2.48. The molecule has 28 heavy (non-hydrogen) atoms. The van der Waals surface area contributed by atoms with Crippen molar-refractivity contribution in [1.29, 1.82) is 0 Å². The number of benzene rings is 2. The first-order chi connectivity index (χ1) is 13.5. The van der Waals surface area contributed by atoms with E-state index in [4.69, 9.17) is 0 Å². The molecule has 0 spiro atoms. The number of anilines is 1. The van der Waals surface area contributed by atoms with Crippen LogP contribution < -0.4 is 4.90 Å². The first-order valence-corrected chi connectivity index (χ1v) is 9.45. The van der Waals surface area contributed by atoms with E-state index in [2.05, 4.69) is 41.2 Å². The summed E-state index contributed by atoms with van der Waals surface area (Å²) in [7, 11) is 0. The predicted octanol–water partition coefficient (Wildman–Crippen LogP) is 3.59. The highest BCUT2D eigenvalue weighted by atomic mass is 19.1. The van der Waals surface area contributed by atoms with Crippen molar-refractivity contribution in [2.24, 2.45) is 0 Å². The van der Waals surface area contributed by atoms with E-state index in [1.807, 2.05) is 4.90 Å². The van der Waals surface area contributed by atoms with E-state index in [9.17, 15) is 9.18 Å². The Bertz CT molecular complexity index is 1010. The van der Waals surface area contributed by atoms with E-state index in [1.165, 1.54) is 28.2 Å². The molecule has 0 aliphatic carbocycles. The first kappa shape index (κ1) is 18.2. The van der Waals surface area contributed by atoms with Crippen LogP contribution in [-0.4, -0.2) is 46.8 Å². The fourth-order valence-electron chi connectivity index (χ4n) is 3.65. The zero-order chi connectivity index (χ0) is 19.7. The number of carbonyl (C=O) groups is 1. The summed E-state index contributed by atoms with van der Waals surface area (Å²) in [6.45, 7) is 6.76. The molecule has 1 saturated heterocycles. The van der Waals surface area contributed by atoms with Gasteiger partial charge in [0.2, 0.25) is 0 Å². The first-order valence-electron chi connectivity index (χ1n) is 9.45. The van der Waals surface area contributed by atoms with E-state index in [0.29, 0.717) is 30.0 Å². The highest BCUT2D eigenvalue weighted by Gasteiger charge is 2.25. The Balaban J connectivity index is 1.48. The van der Waals surface area contributed by atoms with E-state index >= 15 is 0 Å². The zero-order valence-electron chi connectivity index (χ0n) is 16.1. The van der Waals surface area contributed by atoms with Crippen molar-refractivity contribution >= 4 is 11.6 Å². The van der Waals surface area contributed by atoms with Gasteiger partial charge in [0.15, 0.2) is 0 Å². The van der Waals surface area contributed by atoms with Gasteiger partial charge in [-0.1, -0.05) is 24.3 Å². The number of rotatable bonds is 3. The van der Waals surface area contributed by atoms with Crippen LogP contribution in [-0.2, 0) is 0 Å². The molecule has 144 valence electrons. The summed E-state index contributed by atoms with van der Waals surface area (Å²) in [5.41, 5.74) is 3.94. The minimum Gasteiger partial charge on any atom is -0.368 e. The Morgan fingerprint density at radius 3 is 2.46 bits per heavy atom. The van der Waals surface area contributed by atoms with Crippen molar-refractivity contribution in [2.45, 2.75) is 13.8 Å². The van der Waals surface area contributed by atoms with Crippen LogP contribution in [0.3, 0.4) is 0 Å². The Morgan fingerprint density at radius 2 is 1.75 bits per heavy atom. The van der Waals surface area contributed by atoms with Crippen molar-refractivity contribution in [1.82, 2.24) is 14.7 Å². The lowest BCUT2D eigenvalue weighted by atomic mass is 10.1. The van der Waals surface area contributed by atoms with Gasteiger partial charge in [0.1, 0.15) is 11.5 Å². The molecule has 2 heterocycles. The minimum atomic E-state index is -0.362. The van der Waals surface area contributed by atoms with Crippen molar-refractivity contribution in [2.75, 3.05) is 31.1 Å². The third kappa shape index (κ3) is 3.38. The summed E-state index contributed by atoms with van der Waals surface area (Å²) in [5, 5.41) is 4.25. The van der Waals surface area contributed by atoms with Crippen LogP contribution in [0, 0.1) is 19.7 Å². The number of aryl methyl sites for hydroxylation is 1. The third-order valence-electron chi connectivity index (χ3n) is 5.25. The Kier molecular flexibility index (Phi) is 4.86. The van der Waals surface area contributed by atoms with Gasteiger partial charge in [-0.15, -0.1) is 0 Å². The molecule has 6 heteroatoms. The molecule has 1 aromatic heterocycles. The van der Waals surface area contributed by atoms with E-state index in [-0.39, 0.29) is 11.7 Å². The second kappa shape index (κ2) is 7.46. The largest absolute Gasteiger partial charge is 0.368 e. The SMILES string of the molecule is Cc1cccc(N2CCN(C(=O)c3cnn(-c4ccccc4F)c3C)CC2)c1. The number of amides is 1. The maximum atomic E-state index is 14.1. The van der Waals surface area contributed by atoms with E-state index < -0.39 is 0 Å². The van der Waals surface area contributed by atoms with Crippen LogP contribution >= 0.6 is 0 Å².